The summed E-state index contributed by atoms with van der Waals surface area (Å²) >= 11 is 0. The molecule has 2 nitrogen and oxygen atoms in total. The molecule has 2 heteroatoms. The van der Waals surface area contributed by atoms with Crippen LogP contribution in [0.2, 0.25) is 0 Å². The first-order valence-electron chi connectivity index (χ1n) is 8.96. The zero-order chi connectivity index (χ0) is 18.6. The second-order valence-electron chi connectivity index (χ2n) is 6.48. The average Bonchev–Trinajstić information content (AvgIpc) is 3.49. The Labute approximate surface area is 159 Å². The molecule has 1 N–H and O–H groups in total. The first kappa shape index (κ1) is 17.1. The molecule has 0 heterocycles. The zero-order valence-electron chi connectivity index (χ0n) is 15.1. The summed E-state index contributed by atoms with van der Waals surface area (Å²) in [5.41, 5.74) is 5.51. The van der Waals surface area contributed by atoms with Crippen molar-refractivity contribution in [3.8, 4) is 17.6 Å². The maximum Gasteiger partial charge on any atom is 0.126 e. The van der Waals surface area contributed by atoms with Crippen LogP contribution in [-0.2, 0) is 0 Å². The molecule has 0 fully saturated rings. The smallest absolute Gasteiger partial charge is 0.126 e. The molecule has 1 unspecified atom stereocenters. The van der Waals surface area contributed by atoms with Crippen molar-refractivity contribution >= 4 is 11.1 Å². The Kier molecular flexibility index (Phi) is 4.78. The molecule has 0 aromatic heterocycles. The molecule has 1 atom stereocenters. The van der Waals surface area contributed by atoms with Crippen LogP contribution in [0.4, 0.5) is 0 Å². The van der Waals surface area contributed by atoms with E-state index in [4.69, 9.17) is 4.74 Å². The van der Waals surface area contributed by atoms with Gasteiger partial charge in [0.2, 0.25) is 0 Å². The summed E-state index contributed by atoms with van der Waals surface area (Å²) in [6.45, 7) is 0. The van der Waals surface area contributed by atoms with E-state index in [1.54, 1.807) is 7.11 Å². The van der Waals surface area contributed by atoms with Crippen molar-refractivity contribution in [2.45, 2.75) is 6.10 Å². The summed E-state index contributed by atoms with van der Waals surface area (Å²) in [5.74, 6) is 6.84. The second-order valence-corrected chi connectivity index (χ2v) is 6.48. The van der Waals surface area contributed by atoms with Crippen LogP contribution in [-0.4, -0.2) is 18.3 Å². The molecular formula is C25H20O2. The monoisotopic (exact) mass is 352 g/mol. The topological polar surface area (TPSA) is 29.5 Å². The molecular weight excluding hydrogens is 332 g/mol. The fraction of sp³-hybridized carbons (Fsp3) is 0.120. The van der Waals surface area contributed by atoms with E-state index in [2.05, 4.69) is 36.1 Å². The molecule has 0 amide bonds. The molecule has 0 aliphatic heterocycles. The van der Waals surface area contributed by atoms with Gasteiger partial charge < -0.3 is 9.84 Å². The van der Waals surface area contributed by atoms with Crippen LogP contribution in [0.25, 0.3) is 11.1 Å². The highest BCUT2D eigenvalue weighted by atomic mass is 16.5. The van der Waals surface area contributed by atoms with Gasteiger partial charge in [0.1, 0.15) is 11.9 Å². The minimum atomic E-state index is -0.738. The predicted octanol–water partition coefficient (Wildman–Crippen LogP) is 4.65. The summed E-state index contributed by atoms with van der Waals surface area (Å²) in [6, 6.07) is 28.0. The molecule has 3 aromatic carbocycles. The predicted molar refractivity (Wildman–Crippen MR) is 109 cm³/mol. The number of methoxy groups -OCH3 is 1. The molecule has 132 valence electrons. The number of ether oxygens (including phenoxy) is 1. The van der Waals surface area contributed by atoms with Gasteiger partial charge in [0.15, 0.2) is 0 Å². The first-order chi connectivity index (χ1) is 13.3. The fourth-order valence-corrected chi connectivity index (χ4v) is 3.38. The normalized spacial score (nSPS) is 14.3. The van der Waals surface area contributed by atoms with E-state index in [-0.39, 0.29) is 5.92 Å². The molecule has 0 bridgehead atoms. The van der Waals surface area contributed by atoms with E-state index in [0.29, 0.717) is 0 Å². The van der Waals surface area contributed by atoms with E-state index in [9.17, 15) is 5.11 Å². The number of benzene rings is 3. The van der Waals surface area contributed by atoms with Crippen LogP contribution in [0.5, 0.6) is 5.75 Å². The largest absolute Gasteiger partial charge is 0.497 e. The maximum atomic E-state index is 10.8. The van der Waals surface area contributed by atoms with Gasteiger partial charge in [-0.05, 0) is 46.5 Å². The summed E-state index contributed by atoms with van der Waals surface area (Å²) in [7, 11) is 1.64. The van der Waals surface area contributed by atoms with Crippen molar-refractivity contribution < 1.29 is 9.84 Å². The molecule has 27 heavy (non-hydrogen) atoms. The Morgan fingerprint density at radius 2 is 1.30 bits per heavy atom. The van der Waals surface area contributed by atoms with Crippen LogP contribution >= 0.6 is 0 Å². The summed E-state index contributed by atoms with van der Waals surface area (Å²) < 4.78 is 5.16. The van der Waals surface area contributed by atoms with Gasteiger partial charge in [-0.25, -0.2) is 0 Å². The molecule has 1 aliphatic rings. The maximum absolute atomic E-state index is 10.8. The van der Waals surface area contributed by atoms with Crippen molar-refractivity contribution in [2.24, 2.45) is 5.92 Å². The Morgan fingerprint density at radius 1 is 0.778 bits per heavy atom. The van der Waals surface area contributed by atoms with Gasteiger partial charge in [-0.1, -0.05) is 72.5 Å². The molecule has 1 aliphatic carbocycles. The summed E-state index contributed by atoms with van der Waals surface area (Å²) in [6.07, 6.45) is -0.738. The first-order valence-corrected chi connectivity index (χ1v) is 8.96. The van der Waals surface area contributed by atoms with Crippen LogP contribution in [0, 0.1) is 17.8 Å². The average molecular weight is 352 g/mol. The highest BCUT2D eigenvalue weighted by Crippen LogP contribution is 2.54. The molecule has 0 radical (unpaired) electrons. The van der Waals surface area contributed by atoms with Gasteiger partial charge in [-0.15, -0.1) is 0 Å². The van der Waals surface area contributed by atoms with Crippen LogP contribution in [0.15, 0.2) is 84.9 Å². The van der Waals surface area contributed by atoms with E-state index in [1.165, 1.54) is 11.1 Å². The van der Waals surface area contributed by atoms with Crippen LogP contribution in [0.1, 0.15) is 16.7 Å². The third-order valence-electron chi connectivity index (χ3n) is 4.77. The van der Waals surface area contributed by atoms with Gasteiger partial charge in [-0.3, -0.25) is 0 Å². The lowest BCUT2D eigenvalue weighted by Gasteiger charge is -2.05. The van der Waals surface area contributed by atoms with Crippen molar-refractivity contribution in [3.63, 3.8) is 0 Å². The van der Waals surface area contributed by atoms with E-state index in [0.717, 1.165) is 22.4 Å². The Morgan fingerprint density at radius 3 is 1.78 bits per heavy atom. The minimum Gasteiger partial charge on any atom is -0.497 e. The number of hydrogen-bond donors (Lipinski definition) is 1. The van der Waals surface area contributed by atoms with Crippen LogP contribution in [0.3, 0.4) is 0 Å². The van der Waals surface area contributed by atoms with Gasteiger partial charge in [0, 0.05) is 11.5 Å². The van der Waals surface area contributed by atoms with Crippen molar-refractivity contribution in [2.75, 3.05) is 7.11 Å². The molecule has 3 aromatic rings. The number of rotatable bonds is 4. The number of aliphatic hydroxyl groups excluding tert-OH is 1. The van der Waals surface area contributed by atoms with Gasteiger partial charge in [-0.2, -0.15) is 0 Å². The molecule has 0 spiro atoms. The van der Waals surface area contributed by atoms with E-state index in [1.807, 2.05) is 60.7 Å². The highest BCUT2D eigenvalue weighted by molar-refractivity contribution is 6.11. The third kappa shape index (κ3) is 3.65. The Balaban J connectivity index is 1.60. The molecule has 4 rings (SSSR count). The summed E-state index contributed by atoms with van der Waals surface area (Å²) in [5, 5.41) is 10.8. The van der Waals surface area contributed by atoms with E-state index < -0.39 is 6.10 Å². The number of hydrogen-bond acceptors (Lipinski definition) is 2. The van der Waals surface area contributed by atoms with Crippen molar-refractivity contribution in [1.82, 2.24) is 0 Å². The lowest BCUT2D eigenvalue weighted by Crippen LogP contribution is -2.09. The lowest BCUT2D eigenvalue weighted by atomic mass is 10.0. The fourth-order valence-electron chi connectivity index (χ4n) is 3.38. The quantitative estimate of drug-likeness (QED) is 0.693. The SMILES string of the molecule is COc1ccc(C#CC(O)C2C(c3ccccc3)=C2c2ccccc2)cc1. The van der Waals surface area contributed by atoms with E-state index >= 15 is 0 Å². The van der Waals surface area contributed by atoms with Crippen molar-refractivity contribution in [1.29, 1.82) is 0 Å². The Hall–Kier alpha value is -3.28. The lowest BCUT2D eigenvalue weighted by molar-refractivity contribution is 0.222. The standard InChI is InChI=1S/C25H20O2/c1-27-21-15-12-18(13-16-21)14-17-22(26)25-23(19-8-4-2-5-9-19)24(25)20-10-6-3-7-11-20/h2-13,15-16,22,25-26H,1H3. The number of aliphatic hydroxyl groups is 1. The molecule has 0 saturated carbocycles. The minimum absolute atomic E-state index is 0.0550. The van der Waals surface area contributed by atoms with Crippen LogP contribution < -0.4 is 4.74 Å². The summed E-state index contributed by atoms with van der Waals surface area (Å²) in [4.78, 5) is 0. The second kappa shape index (κ2) is 7.53. The van der Waals surface area contributed by atoms with Gasteiger partial charge in [0.25, 0.3) is 0 Å². The third-order valence-corrected chi connectivity index (χ3v) is 4.77. The highest BCUT2D eigenvalue weighted by Gasteiger charge is 2.42. The van der Waals surface area contributed by atoms with Gasteiger partial charge in [0.05, 0.1) is 7.11 Å². The van der Waals surface area contributed by atoms with Crippen molar-refractivity contribution in [3.05, 3.63) is 102 Å². The molecule has 0 saturated heterocycles. The zero-order valence-corrected chi connectivity index (χ0v) is 15.1. The van der Waals surface area contributed by atoms with Gasteiger partial charge >= 0.3 is 0 Å². The Bertz CT molecular complexity index is 957.